The van der Waals surface area contributed by atoms with E-state index in [2.05, 4.69) is 19.7 Å². The monoisotopic (exact) mass is 436 g/mol. The van der Waals surface area contributed by atoms with Gasteiger partial charge in [-0.1, -0.05) is 30.0 Å². The Morgan fingerprint density at radius 2 is 1.83 bits per heavy atom. The maximum atomic E-state index is 12.5. The molecule has 0 saturated heterocycles. The van der Waals surface area contributed by atoms with E-state index >= 15 is 0 Å². The lowest BCUT2D eigenvalue weighted by Gasteiger charge is -2.11. The minimum absolute atomic E-state index is 0.0657. The number of carbonyl (C=O) groups excluding carboxylic acids is 1. The van der Waals surface area contributed by atoms with Gasteiger partial charge in [-0.2, -0.15) is 4.37 Å². The topological polar surface area (TPSA) is 77.0 Å². The van der Waals surface area contributed by atoms with Gasteiger partial charge in [0, 0.05) is 11.3 Å². The molecule has 0 fully saturated rings. The van der Waals surface area contributed by atoms with Gasteiger partial charge >= 0.3 is 0 Å². The van der Waals surface area contributed by atoms with Crippen molar-refractivity contribution in [2.75, 3.05) is 18.2 Å². The minimum atomic E-state index is -0.0657. The molecular formula is C22H20N4O2S2. The third kappa shape index (κ3) is 4.15. The van der Waals surface area contributed by atoms with Crippen molar-refractivity contribution in [2.45, 2.75) is 18.9 Å². The molecule has 2 aromatic carbocycles. The van der Waals surface area contributed by atoms with Crippen LogP contribution in [0.5, 0.6) is 5.75 Å². The van der Waals surface area contributed by atoms with Crippen LogP contribution in [0.25, 0.3) is 21.5 Å². The number of para-hydroxylation sites is 1. The molecule has 0 bridgehead atoms. The first-order chi connectivity index (χ1) is 14.6. The number of amides is 1. The Morgan fingerprint density at radius 1 is 1.10 bits per heavy atom. The number of aromatic nitrogens is 3. The number of hydrogen-bond acceptors (Lipinski definition) is 7. The molecular weight excluding hydrogens is 416 g/mol. The van der Waals surface area contributed by atoms with Crippen molar-refractivity contribution in [3.8, 4) is 17.0 Å². The second kappa shape index (κ2) is 8.81. The smallest absolute Gasteiger partial charge is 0.234 e. The van der Waals surface area contributed by atoms with Crippen molar-refractivity contribution >= 4 is 45.1 Å². The molecule has 0 unspecified atom stereocenters. The van der Waals surface area contributed by atoms with Crippen LogP contribution in [-0.4, -0.2) is 33.1 Å². The third-order valence-corrected chi connectivity index (χ3v) is 6.63. The summed E-state index contributed by atoms with van der Waals surface area (Å²) < 4.78 is 10.7. The highest BCUT2D eigenvalue weighted by atomic mass is 32.2. The first-order valence-electron chi connectivity index (χ1n) is 9.30. The van der Waals surface area contributed by atoms with Crippen LogP contribution >= 0.6 is 23.3 Å². The van der Waals surface area contributed by atoms with Crippen molar-refractivity contribution in [2.24, 2.45) is 0 Å². The Bertz CT molecular complexity index is 1190. The van der Waals surface area contributed by atoms with E-state index in [1.807, 2.05) is 56.3 Å². The van der Waals surface area contributed by atoms with Crippen molar-refractivity contribution < 1.29 is 9.53 Å². The maximum absolute atomic E-state index is 12.5. The van der Waals surface area contributed by atoms with Gasteiger partial charge in [-0.25, -0.2) is 9.97 Å². The van der Waals surface area contributed by atoms with E-state index in [9.17, 15) is 4.79 Å². The van der Waals surface area contributed by atoms with Gasteiger partial charge in [-0.15, -0.1) is 0 Å². The number of benzene rings is 2. The van der Waals surface area contributed by atoms with E-state index in [-0.39, 0.29) is 11.7 Å². The summed E-state index contributed by atoms with van der Waals surface area (Å²) in [6.45, 7) is 3.98. The van der Waals surface area contributed by atoms with Gasteiger partial charge in [0.2, 0.25) is 5.91 Å². The average molecular weight is 437 g/mol. The summed E-state index contributed by atoms with van der Waals surface area (Å²) in [5, 5.41) is 3.77. The molecule has 2 aromatic heterocycles. The number of fused-ring (bicyclic) bond motifs is 1. The van der Waals surface area contributed by atoms with Crippen molar-refractivity contribution in [3.05, 3.63) is 59.9 Å². The van der Waals surface area contributed by atoms with Gasteiger partial charge in [-0.3, -0.25) is 4.79 Å². The number of rotatable bonds is 6. The van der Waals surface area contributed by atoms with Gasteiger partial charge in [0.15, 0.2) is 0 Å². The minimum Gasteiger partial charge on any atom is -0.497 e. The normalized spacial score (nSPS) is 10.9. The van der Waals surface area contributed by atoms with E-state index in [0.29, 0.717) is 0 Å². The lowest BCUT2D eigenvalue weighted by atomic mass is 10.1. The molecule has 152 valence electrons. The molecule has 0 aliphatic carbocycles. The van der Waals surface area contributed by atoms with Crippen LogP contribution in [0.4, 0.5) is 5.69 Å². The Balaban J connectivity index is 1.52. The number of carbonyl (C=O) groups is 1. The molecule has 8 heteroatoms. The second-order valence-electron chi connectivity index (χ2n) is 6.72. The van der Waals surface area contributed by atoms with Crippen molar-refractivity contribution in [3.63, 3.8) is 0 Å². The zero-order valence-electron chi connectivity index (χ0n) is 16.8. The third-order valence-electron chi connectivity index (χ3n) is 4.67. The summed E-state index contributed by atoms with van der Waals surface area (Å²) in [4.78, 5) is 21.3. The fourth-order valence-electron chi connectivity index (χ4n) is 3.11. The number of nitrogens with zero attached hydrogens (tertiary/aromatic N) is 3. The van der Waals surface area contributed by atoms with Gasteiger partial charge in [0.25, 0.3) is 0 Å². The van der Waals surface area contributed by atoms with Crippen LogP contribution < -0.4 is 10.1 Å². The lowest BCUT2D eigenvalue weighted by molar-refractivity contribution is -0.113. The van der Waals surface area contributed by atoms with Gasteiger partial charge in [0.1, 0.15) is 33.0 Å². The molecule has 0 atom stereocenters. The number of ether oxygens (including phenoxy) is 1. The van der Waals surface area contributed by atoms with E-state index in [1.165, 1.54) is 29.6 Å². The summed E-state index contributed by atoms with van der Waals surface area (Å²) in [6, 6.07) is 13.7. The molecule has 0 radical (unpaired) electrons. The fourth-order valence-corrected chi connectivity index (χ4v) is 4.82. The summed E-state index contributed by atoms with van der Waals surface area (Å²) >= 11 is 2.74. The first-order valence-corrected chi connectivity index (χ1v) is 11.1. The molecule has 0 aliphatic rings. The van der Waals surface area contributed by atoms with Gasteiger partial charge in [-0.05, 0) is 60.8 Å². The van der Waals surface area contributed by atoms with Gasteiger partial charge in [0.05, 0.1) is 12.9 Å². The van der Waals surface area contributed by atoms with Crippen LogP contribution in [0, 0.1) is 13.8 Å². The molecule has 4 rings (SSSR count). The molecule has 0 spiro atoms. The molecule has 30 heavy (non-hydrogen) atoms. The molecule has 6 nitrogen and oxygen atoms in total. The van der Waals surface area contributed by atoms with Crippen LogP contribution in [0.15, 0.2) is 53.8 Å². The lowest BCUT2D eigenvalue weighted by Crippen LogP contribution is -2.15. The largest absolute Gasteiger partial charge is 0.497 e. The molecule has 1 amide bonds. The van der Waals surface area contributed by atoms with Crippen LogP contribution in [0.2, 0.25) is 0 Å². The zero-order valence-corrected chi connectivity index (χ0v) is 18.4. The highest BCUT2D eigenvalue weighted by molar-refractivity contribution is 8.00. The number of hydrogen-bond donors (Lipinski definition) is 1. The molecule has 0 saturated carbocycles. The van der Waals surface area contributed by atoms with E-state index in [0.717, 1.165) is 49.1 Å². The Hall–Kier alpha value is -2.97. The number of aryl methyl sites for hydroxylation is 2. The van der Waals surface area contributed by atoms with Crippen LogP contribution in [0.1, 0.15) is 11.1 Å². The number of anilines is 1. The molecule has 4 aromatic rings. The van der Waals surface area contributed by atoms with Crippen LogP contribution in [0.3, 0.4) is 0 Å². The summed E-state index contributed by atoms with van der Waals surface area (Å²) in [5.41, 5.74) is 5.52. The first kappa shape index (κ1) is 20.3. The standard InChI is InChI=1S/C22H20N4O2S2/c1-13-5-4-6-14(2)18(13)25-17(27)11-29-22-21-20(23-12-24-22)19(26-30-21)15-7-9-16(28-3)10-8-15/h4-10,12H,11H2,1-3H3,(H,25,27). The van der Waals surface area contributed by atoms with E-state index in [4.69, 9.17) is 4.74 Å². The van der Waals surface area contributed by atoms with E-state index < -0.39 is 0 Å². The Morgan fingerprint density at radius 3 is 2.53 bits per heavy atom. The highest BCUT2D eigenvalue weighted by Crippen LogP contribution is 2.35. The summed E-state index contributed by atoms with van der Waals surface area (Å²) in [5.74, 6) is 0.985. The number of nitrogens with one attached hydrogen (secondary N) is 1. The Labute approximate surface area is 182 Å². The van der Waals surface area contributed by atoms with Gasteiger partial charge < -0.3 is 10.1 Å². The van der Waals surface area contributed by atoms with Crippen molar-refractivity contribution in [1.29, 1.82) is 0 Å². The SMILES string of the molecule is COc1ccc(-c2nsc3c(SCC(=O)Nc4c(C)cccc4C)ncnc23)cc1. The maximum Gasteiger partial charge on any atom is 0.234 e. The molecule has 1 N–H and O–H groups in total. The number of thioether (sulfide) groups is 1. The van der Waals surface area contributed by atoms with E-state index in [1.54, 1.807) is 7.11 Å². The fraction of sp³-hybridized carbons (Fsp3) is 0.182. The highest BCUT2D eigenvalue weighted by Gasteiger charge is 2.16. The molecule has 0 aliphatic heterocycles. The second-order valence-corrected chi connectivity index (χ2v) is 8.46. The number of methoxy groups -OCH3 is 1. The summed E-state index contributed by atoms with van der Waals surface area (Å²) in [6.07, 6.45) is 1.52. The zero-order chi connectivity index (χ0) is 21.1. The summed E-state index contributed by atoms with van der Waals surface area (Å²) in [7, 11) is 1.64. The van der Waals surface area contributed by atoms with Crippen molar-refractivity contribution in [1.82, 2.24) is 14.3 Å². The predicted octanol–water partition coefficient (Wildman–Crippen LogP) is 5.11. The Kier molecular flexibility index (Phi) is 5.96. The van der Waals surface area contributed by atoms with Crippen LogP contribution in [-0.2, 0) is 4.79 Å². The molecule has 2 heterocycles. The predicted molar refractivity (Wildman–Crippen MR) is 122 cm³/mol. The quantitative estimate of drug-likeness (QED) is 0.334. The average Bonchev–Trinajstić information content (AvgIpc) is 3.20.